The first-order valence-electron chi connectivity index (χ1n) is 6.11. The Morgan fingerprint density at radius 2 is 2.00 bits per heavy atom. The van der Waals surface area contributed by atoms with Crippen molar-refractivity contribution in [1.29, 1.82) is 0 Å². The van der Waals surface area contributed by atoms with Crippen molar-refractivity contribution in [3.05, 3.63) is 0 Å². The number of hydrogen-bond donors (Lipinski definition) is 1. The molecule has 1 fully saturated rings. The van der Waals surface area contributed by atoms with Crippen LogP contribution < -0.4 is 5.73 Å². The Hall–Kier alpha value is -1.26. The quantitative estimate of drug-likeness (QED) is 0.767. The molecule has 0 saturated heterocycles. The lowest BCUT2D eigenvalue weighted by atomic mass is 9.94. The van der Waals surface area contributed by atoms with Gasteiger partial charge < -0.3 is 15.4 Å². The second kappa shape index (κ2) is 5.38. The van der Waals surface area contributed by atoms with Gasteiger partial charge in [-0.2, -0.15) is 0 Å². The molecule has 5 nitrogen and oxygen atoms in total. The van der Waals surface area contributed by atoms with Gasteiger partial charge in [0.2, 0.25) is 5.91 Å². The Labute approximate surface area is 102 Å². The summed E-state index contributed by atoms with van der Waals surface area (Å²) in [4.78, 5) is 24.7. The second-order valence-electron chi connectivity index (χ2n) is 5.23. The average Bonchev–Trinajstić information content (AvgIpc) is 3.06. The lowest BCUT2D eigenvalue weighted by Gasteiger charge is -2.25. The van der Waals surface area contributed by atoms with Gasteiger partial charge in [-0.3, -0.25) is 4.79 Å². The van der Waals surface area contributed by atoms with Gasteiger partial charge >= 0.3 is 6.09 Å². The molecule has 2 N–H and O–H groups in total. The molecule has 17 heavy (non-hydrogen) atoms. The minimum absolute atomic E-state index is 0.0358. The highest BCUT2D eigenvalue weighted by atomic mass is 16.6. The number of amides is 2. The fourth-order valence-electron chi connectivity index (χ4n) is 1.45. The maximum absolute atomic E-state index is 11.8. The molecule has 0 aromatic heterocycles. The minimum atomic E-state index is -0.808. The van der Waals surface area contributed by atoms with Crippen LogP contribution in [0.5, 0.6) is 0 Å². The van der Waals surface area contributed by atoms with E-state index in [1.807, 2.05) is 6.92 Å². The second-order valence-corrected chi connectivity index (χ2v) is 5.23. The number of nitrogens with two attached hydrogens (primary N) is 1. The zero-order chi connectivity index (χ0) is 13.1. The van der Waals surface area contributed by atoms with E-state index < -0.39 is 11.3 Å². The molecule has 1 saturated carbocycles. The first kappa shape index (κ1) is 13.8. The number of primary amides is 1. The molecular weight excluding hydrogens is 220 g/mol. The molecular formula is C12H22N2O3. The van der Waals surface area contributed by atoms with Crippen LogP contribution in [-0.4, -0.2) is 36.1 Å². The van der Waals surface area contributed by atoms with Gasteiger partial charge in [0.15, 0.2) is 0 Å². The van der Waals surface area contributed by atoms with Gasteiger partial charge in [0, 0.05) is 12.6 Å². The van der Waals surface area contributed by atoms with Crippen molar-refractivity contribution < 1.29 is 14.3 Å². The smallest absolute Gasteiger partial charge is 0.410 e. The van der Waals surface area contributed by atoms with E-state index in [1.54, 1.807) is 18.7 Å². The Bertz CT molecular complexity index is 298. The standard InChI is InChI=1S/C12H22N2O3/c1-4-7-14(9-5-6-9)11(16)17-8-12(2,3)10(13)15/h9H,4-8H2,1-3H3,(H2,13,15). The summed E-state index contributed by atoms with van der Waals surface area (Å²) in [6, 6.07) is 0.333. The molecule has 0 aromatic rings. The molecule has 1 aliphatic rings. The number of carbonyl (C=O) groups is 2. The zero-order valence-electron chi connectivity index (χ0n) is 10.9. The summed E-state index contributed by atoms with van der Waals surface area (Å²) in [5.41, 5.74) is 4.41. The molecule has 0 spiro atoms. The van der Waals surface area contributed by atoms with Gasteiger partial charge in [-0.15, -0.1) is 0 Å². The molecule has 1 aliphatic carbocycles. The van der Waals surface area contributed by atoms with Crippen LogP contribution in [-0.2, 0) is 9.53 Å². The predicted molar refractivity (Wildman–Crippen MR) is 64.3 cm³/mol. The topological polar surface area (TPSA) is 72.6 Å². The number of hydrogen-bond acceptors (Lipinski definition) is 3. The van der Waals surface area contributed by atoms with E-state index in [-0.39, 0.29) is 12.7 Å². The van der Waals surface area contributed by atoms with Crippen LogP contribution in [0.1, 0.15) is 40.0 Å². The third-order valence-corrected chi connectivity index (χ3v) is 2.91. The molecule has 98 valence electrons. The van der Waals surface area contributed by atoms with E-state index in [0.29, 0.717) is 12.6 Å². The summed E-state index contributed by atoms with van der Waals surface area (Å²) in [5.74, 6) is -0.459. The number of nitrogens with zero attached hydrogens (tertiary/aromatic N) is 1. The van der Waals surface area contributed by atoms with E-state index in [2.05, 4.69) is 0 Å². The largest absolute Gasteiger partial charge is 0.448 e. The maximum atomic E-state index is 11.8. The zero-order valence-corrected chi connectivity index (χ0v) is 10.9. The van der Waals surface area contributed by atoms with Gasteiger partial charge in [-0.1, -0.05) is 6.92 Å². The minimum Gasteiger partial charge on any atom is -0.448 e. The van der Waals surface area contributed by atoms with Crippen molar-refractivity contribution in [2.75, 3.05) is 13.2 Å². The number of rotatable bonds is 6. The van der Waals surface area contributed by atoms with Crippen molar-refractivity contribution in [3.8, 4) is 0 Å². The Morgan fingerprint density at radius 3 is 2.41 bits per heavy atom. The van der Waals surface area contributed by atoms with Crippen LogP contribution in [0.4, 0.5) is 4.79 Å². The van der Waals surface area contributed by atoms with Crippen molar-refractivity contribution >= 4 is 12.0 Å². The van der Waals surface area contributed by atoms with E-state index in [0.717, 1.165) is 19.3 Å². The predicted octanol–water partition coefficient (Wildman–Crippen LogP) is 1.51. The highest BCUT2D eigenvalue weighted by molar-refractivity contribution is 5.80. The Morgan fingerprint density at radius 1 is 1.41 bits per heavy atom. The Kier molecular flexibility index (Phi) is 4.37. The van der Waals surface area contributed by atoms with Crippen molar-refractivity contribution in [2.45, 2.75) is 46.1 Å². The van der Waals surface area contributed by atoms with Gasteiger partial charge in [0.05, 0.1) is 5.41 Å². The third-order valence-electron chi connectivity index (χ3n) is 2.91. The molecule has 2 amide bonds. The van der Waals surface area contributed by atoms with Crippen LogP contribution >= 0.6 is 0 Å². The third kappa shape index (κ3) is 3.91. The van der Waals surface area contributed by atoms with Crippen LogP contribution in [0.3, 0.4) is 0 Å². The van der Waals surface area contributed by atoms with E-state index in [1.165, 1.54) is 0 Å². The fourth-order valence-corrected chi connectivity index (χ4v) is 1.45. The van der Waals surface area contributed by atoms with Crippen LogP contribution in [0, 0.1) is 5.41 Å². The van der Waals surface area contributed by atoms with Crippen LogP contribution in [0.15, 0.2) is 0 Å². The van der Waals surface area contributed by atoms with Crippen molar-refractivity contribution in [2.24, 2.45) is 11.1 Å². The van der Waals surface area contributed by atoms with E-state index >= 15 is 0 Å². The lowest BCUT2D eigenvalue weighted by Crippen LogP contribution is -2.40. The molecule has 0 atom stereocenters. The molecule has 0 bridgehead atoms. The molecule has 1 rings (SSSR count). The molecule has 5 heteroatoms. The average molecular weight is 242 g/mol. The summed E-state index contributed by atoms with van der Waals surface area (Å²) in [7, 11) is 0. The number of carbonyl (C=O) groups excluding carboxylic acids is 2. The van der Waals surface area contributed by atoms with Crippen LogP contribution in [0.2, 0.25) is 0 Å². The van der Waals surface area contributed by atoms with E-state index in [9.17, 15) is 9.59 Å². The van der Waals surface area contributed by atoms with Crippen LogP contribution in [0.25, 0.3) is 0 Å². The molecule has 0 aromatic carbocycles. The van der Waals surface area contributed by atoms with Gasteiger partial charge in [-0.05, 0) is 33.1 Å². The van der Waals surface area contributed by atoms with Gasteiger partial charge in [-0.25, -0.2) is 4.79 Å². The summed E-state index contributed by atoms with van der Waals surface area (Å²) in [6.45, 7) is 6.11. The van der Waals surface area contributed by atoms with Gasteiger partial charge in [0.25, 0.3) is 0 Å². The number of ether oxygens (including phenoxy) is 1. The van der Waals surface area contributed by atoms with Gasteiger partial charge in [0.1, 0.15) is 6.61 Å². The first-order chi connectivity index (χ1) is 7.88. The summed E-state index contributed by atoms with van der Waals surface area (Å²) < 4.78 is 5.17. The van der Waals surface area contributed by atoms with Crippen molar-refractivity contribution in [1.82, 2.24) is 4.90 Å². The highest BCUT2D eigenvalue weighted by Gasteiger charge is 2.34. The lowest BCUT2D eigenvalue weighted by molar-refractivity contribution is -0.128. The maximum Gasteiger partial charge on any atom is 0.410 e. The normalized spacial score (nSPS) is 15.5. The SMILES string of the molecule is CCCN(C(=O)OCC(C)(C)C(N)=O)C1CC1. The molecule has 0 unspecified atom stereocenters. The monoisotopic (exact) mass is 242 g/mol. The molecule has 0 aliphatic heterocycles. The summed E-state index contributed by atoms with van der Waals surface area (Å²) in [6.07, 6.45) is 2.68. The van der Waals surface area contributed by atoms with Crippen molar-refractivity contribution in [3.63, 3.8) is 0 Å². The fraction of sp³-hybridized carbons (Fsp3) is 0.833. The molecule has 0 heterocycles. The Balaban J connectivity index is 2.44. The summed E-state index contributed by atoms with van der Waals surface area (Å²) in [5, 5.41) is 0. The summed E-state index contributed by atoms with van der Waals surface area (Å²) >= 11 is 0. The molecule has 0 radical (unpaired) electrons. The first-order valence-corrected chi connectivity index (χ1v) is 6.11. The highest BCUT2D eigenvalue weighted by Crippen LogP contribution is 2.28. The van der Waals surface area contributed by atoms with E-state index in [4.69, 9.17) is 10.5 Å².